The second-order valence-electron chi connectivity index (χ2n) is 16.7. The number of hydrogen-bond donors (Lipinski definition) is 0. The van der Waals surface area contributed by atoms with Crippen molar-refractivity contribution in [2.45, 2.75) is 0 Å². The molecule has 4 aromatic heterocycles. The van der Waals surface area contributed by atoms with Gasteiger partial charge in [-0.25, -0.2) is 15.0 Å². The number of aromatic nitrogens is 4. The summed E-state index contributed by atoms with van der Waals surface area (Å²) in [6.45, 7) is 0. The lowest BCUT2D eigenvalue weighted by Crippen LogP contribution is -2.02. The molecule has 0 aliphatic heterocycles. The Labute approximate surface area is 371 Å². The summed E-state index contributed by atoms with van der Waals surface area (Å²) in [6, 6.07) is 72.2. The normalized spacial score (nSPS) is 12.0. The molecule has 0 aliphatic rings. The minimum absolute atomic E-state index is 0.515. The lowest BCUT2D eigenvalue weighted by Gasteiger charge is -2.14. The summed E-state index contributed by atoms with van der Waals surface area (Å²) in [5.41, 5.74) is 10.9. The van der Waals surface area contributed by atoms with Crippen molar-refractivity contribution in [3.8, 4) is 51.0 Å². The van der Waals surface area contributed by atoms with Crippen molar-refractivity contribution in [3.05, 3.63) is 206 Å². The van der Waals surface area contributed by atoms with E-state index in [0.717, 1.165) is 88.4 Å². The number of fused-ring (bicyclic) bond motifs is 12. The molecule has 4 heterocycles. The van der Waals surface area contributed by atoms with Crippen LogP contribution in [0.25, 0.3) is 138 Å². The maximum atomic E-state index is 6.80. The van der Waals surface area contributed by atoms with Gasteiger partial charge in [0, 0.05) is 38.1 Å². The van der Waals surface area contributed by atoms with Crippen molar-refractivity contribution in [3.63, 3.8) is 0 Å². The van der Waals surface area contributed by atoms with Gasteiger partial charge < -0.3 is 13.4 Å². The van der Waals surface area contributed by atoms with E-state index in [1.807, 2.05) is 48.5 Å². The molecule has 0 unspecified atom stereocenters. The van der Waals surface area contributed by atoms with Crippen molar-refractivity contribution < 1.29 is 8.83 Å². The van der Waals surface area contributed by atoms with Gasteiger partial charge in [0.1, 0.15) is 22.3 Å². The number of benzene rings is 10. The average molecular weight is 831 g/mol. The highest BCUT2D eigenvalue weighted by molar-refractivity contribution is 6.24. The van der Waals surface area contributed by atoms with Crippen LogP contribution in [0.5, 0.6) is 0 Å². The molecule has 0 fully saturated rings. The van der Waals surface area contributed by atoms with Gasteiger partial charge in [0.25, 0.3) is 0 Å². The summed E-state index contributed by atoms with van der Waals surface area (Å²) >= 11 is 0. The molecule has 0 saturated carbocycles. The standard InChI is InChI=1S/C59H34N4O2/c1-2-14-35(15-3-1)37-19-12-20-40(30-37)57-60-58(62-59(61-57)46-25-13-24-44-43-22-8-10-26-51(43)65-56(44)46)41-33-50(55-45-23-9-11-27-52(45)64-53(55)34-41)63-48-29-28-36-16-6-7-21-42(36)54(48)47-31-38-17-4-5-18-39(38)32-49(47)63/h1-34H. The molecule has 0 bridgehead atoms. The first-order chi connectivity index (χ1) is 32.2. The lowest BCUT2D eigenvalue weighted by atomic mass is 10.0. The molecular weight excluding hydrogens is 797 g/mol. The van der Waals surface area contributed by atoms with Crippen molar-refractivity contribution in [1.82, 2.24) is 19.5 Å². The van der Waals surface area contributed by atoms with E-state index in [-0.39, 0.29) is 0 Å². The first kappa shape index (κ1) is 35.7. The van der Waals surface area contributed by atoms with E-state index >= 15 is 0 Å². The summed E-state index contributed by atoms with van der Waals surface area (Å²) in [5.74, 6) is 1.58. The summed E-state index contributed by atoms with van der Waals surface area (Å²) in [4.78, 5) is 16.0. The van der Waals surface area contributed by atoms with Crippen LogP contribution in [-0.4, -0.2) is 19.5 Å². The SMILES string of the molecule is c1ccc(-c2cccc(-c3nc(-c4cc(-n5c6cc7ccccc7cc6c6c7ccccc7ccc65)c5c(c4)oc4ccccc45)nc(-c4cccc5c4oc4ccccc45)n3)c2)cc1. The van der Waals surface area contributed by atoms with E-state index in [0.29, 0.717) is 17.5 Å². The summed E-state index contributed by atoms with van der Waals surface area (Å²) in [6.07, 6.45) is 0. The van der Waals surface area contributed by atoms with Crippen molar-refractivity contribution in [2.24, 2.45) is 0 Å². The molecule has 0 radical (unpaired) electrons. The Hall–Kier alpha value is -8.87. The quantitative estimate of drug-likeness (QED) is 0.173. The molecular formula is C59H34N4O2. The second kappa shape index (κ2) is 13.8. The van der Waals surface area contributed by atoms with Crippen LogP contribution in [-0.2, 0) is 0 Å². The fourth-order valence-electron chi connectivity index (χ4n) is 10.0. The minimum Gasteiger partial charge on any atom is -0.456 e. The van der Waals surface area contributed by atoms with Gasteiger partial charge in [-0.2, -0.15) is 0 Å². The van der Waals surface area contributed by atoms with Crippen molar-refractivity contribution in [1.29, 1.82) is 0 Å². The van der Waals surface area contributed by atoms with Crippen LogP contribution >= 0.6 is 0 Å². The van der Waals surface area contributed by atoms with Gasteiger partial charge in [-0.3, -0.25) is 0 Å². The van der Waals surface area contributed by atoms with E-state index in [1.165, 1.54) is 32.3 Å². The third kappa shape index (κ3) is 5.51. The molecule has 0 atom stereocenters. The van der Waals surface area contributed by atoms with Crippen LogP contribution in [0, 0.1) is 0 Å². The minimum atomic E-state index is 0.515. The Balaban J connectivity index is 1.08. The van der Waals surface area contributed by atoms with Crippen LogP contribution in [0.2, 0.25) is 0 Å². The topological polar surface area (TPSA) is 69.9 Å². The predicted molar refractivity (Wildman–Crippen MR) is 265 cm³/mol. The van der Waals surface area contributed by atoms with Crippen LogP contribution in [0.4, 0.5) is 0 Å². The number of para-hydroxylation sites is 3. The molecule has 6 nitrogen and oxygen atoms in total. The Bertz CT molecular complexity index is 4250. The fourth-order valence-corrected chi connectivity index (χ4v) is 10.0. The molecule has 0 N–H and O–H groups in total. The molecule has 10 aromatic carbocycles. The number of hydrogen-bond acceptors (Lipinski definition) is 5. The maximum absolute atomic E-state index is 6.80. The first-order valence-corrected chi connectivity index (χ1v) is 21.8. The number of rotatable bonds is 5. The summed E-state index contributed by atoms with van der Waals surface area (Å²) in [7, 11) is 0. The van der Waals surface area contributed by atoms with Crippen LogP contribution in [0.3, 0.4) is 0 Å². The molecule has 0 saturated heterocycles. The highest BCUT2D eigenvalue weighted by atomic mass is 16.3. The Morgan fingerprint density at radius 3 is 1.80 bits per heavy atom. The number of furan rings is 2. The predicted octanol–water partition coefficient (Wildman–Crippen LogP) is 15.7. The molecule has 0 amide bonds. The van der Waals surface area contributed by atoms with Gasteiger partial charge >= 0.3 is 0 Å². The monoisotopic (exact) mass is 830 g/mol. The fraction of sp³-hybridized carbons (Fsp3) is 0. The Morgan fingerprint density at radius 1 is 0.323 bits per heavy atom. The molecule has 302 valence electrons. The maximum Gasteiger partial charge on any atom is 0.167 e. The number of nitrogens with zero attached hydrogens (tertiary/aromatic N) is 4. The second-order valence-corrected chi connectivity index (χ2v) is 16.7. The third-order valence-electron chi connectivity index (χ3n) is 13.0. The Kier molecular flexibility index (Phi) is 7.59. The van der Waals surface area contributed by atoms with E-state index in [9.17, 15) is 0 Å². The van der Waals surface area contributed by atoms with E-state index in [1.54, 1.807) is 0 Å². The van der Waals surface area contributed by atoms with Crippen molar-refractivity contribution in [2.75, 3.05) is 0 Å². The summed E-state index contributed by atoms with van der Waals surface area (Å²) < 4.78 is 15.8. The van der Waals surface area contributed by atoms with E-state index in [4.69, 9.17) is 23.8 Å². The van der Waals surface area contributed by atoms with Gasteiger partial charge in [-0.1, -0.05) is 152 Å². The molecule has 65 heavy (non-hydrogen) atoms. The smallest absolute Gasteiger partial charge is 0.167 e. The zero-order valence-corrected chi connectivity index (χ0v) is 34.7. The highest BCUT2D eigenvalue weighted by Crippen LogP contribution is 2.44. The average Bonchev–Trinajstić information content (AvgIpc) is 4.05. The first-order valence-electron chi connectivity index (χ1n) is 21.8. The largest absolute Gasteiger partial charge is 0.456 e. The molecule has 0 aliphatic carbocycles. The zero-order valence-electron chi connectivity index (χ0n) is 34.7. The molecule has 0 spiro atoms. The van der Waals surface area contributed by atoms with Crippen molar-refractivity contribution >= 4 is 87.2 Å². The van der Waals surface area contributed by atoms with Gasteiger partial charge in [0.2, 0.25) is 0 Å². The van der Waals surface area contributed by atoms with Gasteiger partial charge in [0.15, 0.2) is 17.5 Å². The summed E-state index contributed by atoms with van der Waals surface area (Å²) in [5, 5.41) is 11.3. The van der Waals surface area contributed by atoms with Gasteiger partial charge in [0.05, 0.1) is 27.7 Å². The Morgan fingerprint density at radius 2 is 0.954 bits per heavy atom. The molecule has 6 heteroatoms. The molecule has 14 rings (SSSR count). The van der Waals surface area contributed by atoms with Crippen LogP contribution < -0.4 is 0 Å². The lowest BCUT2D eigenvalue weighted by molar-refractivity contribution is 0.668. The van der Waals surface area contributed by atoms with Gasteiger partial charge in [-0.05, 0) is 87.3 Å². The molecule has 14 aromatic rings. The van der Waals surface area contributed by atoms with E-state index < -0.39 is 0 Å². The van der Waals surface area contributed by atoms with Crippen LogP contribution in [0.15, 0.2) is 215 Å². The van der Waals surface area contributed by atoms with Crippen LogP contribution in [0.1, 0.15) is 0 Å². The van der Waals surface area contributed by atoms with Gasteiger partial charge in [-0.15, -0.1) is 0 Å². The highest BCUT2D eigenvalue weighted by Gasteiger charge is 2.24. The zero-order chi connectivity index (χ0) is 42.6. The third-order valence-corrected chi connectivity index (χ3v) is 13.0. The van der Waals surface area contributed by atoms with E-state index in [2.05, 4.69) is 162 Å².